The SMILES string of the molecule is C=C(C)C(=O)C[Si](C)(C)C. The van der Waals surface area contributed by atoms with E-state index in [0.717, 1.165) is 6.04 Å². The van der Waals surface area contributed by atoms with Crippen molar-refractivity contribution in [3.05, 3.63) is 12.2 Å². The van der Waals surface area contributed by atoms with Gasteiger partial charge in [0.15, 0.2) is 5.78 Å². The van der Waals surface area contributed by atoms with Gasteiger partial charge in [-0.15, -0.1) is 0 Å². The second-order valence-electron chi connectivity index (χ2n) is 3.94. The molecule has 10 heavy (non-hydrogen) atoms. The Balaban J connectivity index is 3.93. The van der Waals surface area contributed by atoms with Crippen molar-refractivity contribution in [3.63, 3.8) is 0 Å². The fourth-order valence-corrected chi connectivity index (χ4v) is 1.90. The van der Waals surface area contributed by atoms with Crippen LogP contribution < -0.4 is 0 Å². The molecule has 0 rings (SSSR count). The highest BCUT2D eigenvalue weighted by molar-refractivity contribution is 6.79. The van der Waals surface area contributed by atoms with Crippen molar-refractivity contribution in [2.45, 2.75) is 32.6 Å². The van der Waals surface area contributed by atoms with Crippen LogP contribution in [0.5, 0.6) is 0 Å². The standard InChI is InChI=1S/C8H16OSi/c1-7(2)8(9)6-10(3,4)5/h1,6H2,2-5H3. The van der Waals surface area contributed by atoms with Gasteiger partial charge in [0.25, 0.3) is 0 Å². The number of allylic oxidation sites excluding steroid dienone is 1. The second-order valence-corrected chi connectivity index (χ2v) is 9.42. The highest BCUT2D eigenvalue weighted by Gasteiger charge is 2.17. The van der Waals surface area contributed by atoms with Crippen molar-refractivity contribution < 1.29 is 4.79 Å². The maximum Gasteiger partial charge on any atom is 0.155 e. The molecule has 0 aromatic carbocycles. The molecule has 1 nitrogen and oxygen atoms in total. The van der Waals surface area contributed by atoms with Crippen molar-refractivity contribution >= 4 is 13.9 Å². The Hall–Kier alpha value is -0.373. The lowest BCUT2D eigenvalue weighted by atomic mass is 10.2. The first-order valence-corrected chi connectivity index (χ1v) is 7.22. The molecule has 0 spiro atoms. The molecular formula is C8H16OSi. The first-order chi connectivity index (χ1) is 4.33. The number of hydrogen-bond acceptors (Lipinski definition) is 1. The van der Waals surface area contributed by atoms with Gasteiger partial charge in [0.2, 0.25) is 0 Å². The highest BCUT2D eigenvalue weighted by atomic mass is 28.3. The highest BCUT2D eigenvalue weighted by Crippen LogP contribution is 2.11. The maximum absolute atomic E-state index is 11.1. The molecule has 0 saturated carbocycles. The van der Waals surface area contributed by atoms with Crippen LogP contribution >= 0.6 is 0 Å². The average Bonchev–Trinajstić information content (AvgIpc) is 1.60. The number of hydrogen-bond donors (Lipinski definition) is 0. The molecule has 0 fully saturated rings. The van der Waals surface area contributed by atoms with E-state index in [-0.39, 0.29) is 5.78 Å². The van der Waals surface area contributed by atoms with Crippen LogP contribution in [0.15, 0.2) is 12.2 Å². The molecule has 0 aromatic rings. The molecule has 0 aliphatic rings. The third kappa shape index (κ3) is 4.50. The Bertz CT molecular complexity index is 153. The van der Waals surface area contributed by atoms with Gasteiger partial charge in [-0.3, -0.25) is 4.79 Å². The molecule has 2 heteroatoms. The van der Waals surface area contributed by atoms with Gasteiger partial charge < -0.3 is 0 Å². The predicted molar refractivity (Wildman–Crippen MR) is 48.0 cm³/mol. The fraction of sp³-hybridized carbons (Fsp3) is 0.625. The molecule has 0 bridgehead atoms. The van der Waals surface area contributed by atoms with E-state index in [1.807, 2.05) is 0 Å². The Labute approximate surface area is 64.1 Å². The summed E-state index contributed by atoms with van der Waals surface area (Å²) in [6.45, 7) is 12.0. The van der Waals surface area contributed by atoms with Crippen molar-refractivity contribution in [1.82, 2.24) is 0 Å². The van der Waals surface area contributed by atoms with Crippen LogP contribution in [-0.4, -0.2) is 13.9 Å². The lowest BCUT2D eigenvalue weighted by Crippen LogP contribution is -2.24. The molecular weight excluding hydrogens is 140 g/mol. The smallest absolute Gasteiger partial charge is 0.155 e. The molecule has 58 valence electrons. The van der Waals surface area contributed by atoms with Crippen LogP contribution in [0.3, 0.4) is 0 Å². The molecule has 0 radical (unpaired) electrons. The minimum absolute atomic E-state index is 0.235. The van der Waals surface area contributed by atoms with Gasteiger partial charge in [0.1, 0.15) is 0 Å². The first-order valence-electron chi connectivity index (χ1n) is 3.51. The van der Waals surface area contributed by atoms with Crippen LogP contribution in [0, 0.1) is 0 Å². The van der Waals surface area contributed by atoms with Crippen LogP contribution in [0.4, 0.5) is 0 Å². The van der Waals surface area contributed by atoms with Crippen molar-refractivity contribution in [1.29, 1.82) is 0 Å². The molecule has 0 aliphatic carbocycles. The molecule has 0 N–H and O–H groups in total. The van der Waals surface area contributed by atoms with E-state index in [4.69, 9.17) is 0 Å². The third-order valence-corrected chi connectivity index (χ3v) is 2.55. The topological polar surface area (TPSA) is 17.1 Å². The van der Waals surface area contributed by atoms with Gasteiger partial charge in [0, 0.05) is 6.04 Å². The summed E-state index contributed by atoms with van der Waals surface area (Å²) in [6.07, 6.45) is 0. The van der Waals surface area contributed by atoms with Gasteiger partial charge >= 0.3 is 0 Å². The lowest BCUT2D eigenvalue weighted by Gasteiger charge is -2.13. The third-order valence-electron chi connectivity index (χ3n) is 1.17. The Morgan fingerprint density at radius 3 is 1.90 bits per heavy atom. The summed E-state index contributed by atoms with van der Waals surface area (Å²) in [5, 5.41) is 0. The van der Waals surface area contributed by atoms with E-state index in [9.17, 15) is 4.79 Å². The lowest BCUT2D eigenvalue weighted by molar-refractivity contribution is -0.113. The first kappa shape index (κ1) is 9.63. The molecule has 0 saturated heterocycles. The summed E-state index contributed by atoms with van der Waals surface area (Å²) < 4.78 is 0. The minimum atomic E-state index is -1.19. The summed E-state index contributed by atoms with van der Waals surface area (Å²) in [5.74, 6) is 0.235. The number of Topliss-reactive ketones (excluding diaryl/α,β-unsaturated/α-hetero) is 1. The molecule has 0 aromatic heterocycles. The van der Waals surface area contributed by atoms with Crippen molar-refractivity contribution in [2.75, 3.05) is 0 Å². The van der Waals surface area contributed by atoms with E-state index in [1.54, 1.807) is 6.92 Å². The number of rotatable bonds is 3. The van der Waals surface area contributed by atoms with Gasteiger partial charge in [-0.1, -0.05) is 26.2 Å². The minimum Gasteiger partial charge on any atom is -0.295 e. The molecule has 0 atom stereocenters. The van der Waals surface area contributed by atoms with Gasteiger partial charge in [0.05, 0.1) is 8.07 Å². The van der Waals surface area contributed by atoms with E-state index in [0.29, 0.717) is 5.57 Å². The number of carbonyl (C=O) groups excluding carboxylic acids is 1. The van der Waals surface area contributed by atoms with Crippen LogP contribution in [-0.2, 0) is 4.79 Å². The quantitative estimate of drug-likeness (QED) is 0.453. The number of carbonyl (C=O) groups is 1. The summed E-state index contributed by atoms with van der Waals surface area (Å²) >= 11 is 0. The van der Waals surface area contributed by atoms with E-state index in [1.165, 1.54) is 0 Å². The summed E-state index contributed by atoms with van der Waals surface area (Å²) in [6, 6.07) is 0.738. The fourth-order valence-electron chi connectivity index (χ4n) is 0.633. The van der Waals surface area contributed by atoms with Crippen molar-refractivity contribution in [2.24, 2.45) is 0 Å². The monoisotopic (exact) mass is 156 g/mol. The average molecular weight is 156 g/mol. The van der Waals surface area contributed by atoms with Gasteiger partial charge in [-0.05, 0) is 12.5 Å². The van der Waals surface area contributed by atoms with Gasteiger partial charge in [-0.25, -0.2) is 0 Å². The zero-order chi connectivity index (χ0) is 8.36. The normalized spacial score (nSPS) is 11.2. The summed E-state index contributed by atoms with van der Waals surface area (Å²) in [5.41, 5.74) is 0.697. The van der Waals surface area contributed by atoms with E-state index < -0.39 is 8.07 Å². The van der Waals surface area contributed by atoms with Crippen LogP contribution in [0.2, 0.25) is 25.7 Å². The second kappa shape index (κ2) is 3.15. The maximum atomic E-state index is 11.1. The van der Waals surface area contributed by atoms with E-state index in [2.05, 4.69) is 26.2 Å². The zero-order valence-corrected chi connectivity index (χ0v) is 8.32. The molecule has 0 aliphatic heterocycles. The molecule has 0 amide bonds. The van der Waals surface area contributed by atoms with E-state index >= 15 is 0 Å². The molecule has 0 unspecified atom stereocenters. The summed E-state index contributed by atoms with van der Waals surface area (Å²) in [4.78, 5) is 11.1. The Morgan fingerprint density at radius 1 is 1.40 bits per heavy atom. The largest absolute Gasteiger partial charge is 0.295 e. The zero-order valence-electron chi connectivity index (χ0n) is 7.32. The Morgan fingerprint density at radius 2 is 1.80 bits per heavy atom. The van der Waals surface area contributed by atoms with Crippen LogP contribution in [0.1, 0.15) is 6.92 Å². The Kier molecular flexibility index (Phi) is 3.03. The number of ketones is 1. The summed E-state index contributed by atoms with van der Waals surface area (Å²) in [7, 11) is -1.19. The predicted octanol–water partition coefficient (Wildman–Crippen LogP) is 2.47. The molecule has 0 heterocycles. The van der Waals surface area contributed by atoms with Crippen molar-refractivity contribution in [3.8, 4) is 0 Å². The van der Waals surface area contributed by atoms with Gasteiger partial charge in [-0.2, -0.15) is 0 Å². The van der Waals surface area contributed by atoms with Crippen LogP contribution in [0.25, 0.3) is 0 Å².